The van der Waals surface area contributed by atoms with Crippen molar-refractivity contribution in [2.75, 3.05) is 0 Å². The molecule has 0 N–H and O–H groups in total. The summed E-state index contributed by atoms with van der Waals surface area (Å²) in [5, 5.41) is 5.18. The van der Waals surface area contributed by atoms with E-state index in [2.05, 4.69) is 119 Å². The number of hydrogen-bond acceptors (Lipinski definition) is 0. The van der Waals surface area contributed by atoms with E-state index in [1.54, 1.807) is 0 Å². The van der Waals surface area contributed by atoms with Crippen molar-refractivity contribution in [3.63, 3.8) is 0 Å². The van der Waals surface area contributed by atoms with Gasteiger partial charge in [-0.05, 0) is 74.3 Å². The fourth-order valence-electron chi connectivity index (χ4n) is 4.20. The molecule has 2 heteroatoms. The Morgan fingerprint density at radius 1 is 1.07 bits per heavy atom. The van der Waals surface area contributed by atoms with Gasteiger partial charge in [0.2, 0.25) is 0 Å². The van der Waals surface area contributed by atoms with E-state index < -0.39 is 0 Å². The van der Waals surface area contributed by atoms with Crippen molar-refractivity contribution >= 4 is 65.6 Å². The van der Waals surface area contributed by atoms with Crippen LogP contribution >= 0.6 is 38.5 Å². The maximum absolute atomic E-state index is 4.34. The standard InChI is InChI=1S/C25H22BrI/c1-3-17(25(27)18-11-5-4-10-16(18)2)23-19-12-6-8-14-21(19)24(26)22-15-9-7-13-20(22)23/h3-4,6-10,12-15,18,25H,2,5,11H2,1H3/b17-3-/t18-,25+/m1/s1. The van der Waals surface area contributed by atoms with Crippen LogP contribution in [0, 0.1) is 5.92 Å². The Morgan fingerprint density at radius 3 is 2.15 bits per heavy atom. The molecular weight excluding hydrogens is 507 g/mol. The van der Waals surface area contributed by atoms with Crippen LogP contribution in [0.4, 0.5) is 0 Å². The number of halogens is 2. The van der Waals surface area contributed by atoms with Gasteiger partial charge in [0.15, 0.2) is 0 Å². The Balaban J connectivity index is 1.99. The molecule has 2 atom stereocenters. The predicted octanol–water partition coefficient (Wildman–Crippen LogP) is 8.48. The lowest BCUT2D eigenvalue weighted by atomic mass is 9.81. The second kappa shape index (κ2) is 7.92. The van der Waals surface area contributed by atoms with Crippen molar-refractivity contribution in [2.45, 2.75) is 23.7 Å². The first-order valence-electron chi connectivity index (χ1n) is 9.38. The van der Waals surface area contributed by atoms with Crippen LogP contribution in [0.15, 0.2) is 83.4 Å². The number of rotatable bonds is 3. The van der Waals surface area contributed by atoms with Crippen LogP contribution in [0.1, 0.15) is 25.3 Å². The number of hydrogen-bond donors (Lipinski definition) is 0. The summed E-state index contributed by atoms with van der Waals surface area (Å²) < 4.78 is 1.58. The van der Waals surface area contributed by atoms with Crippen molar-refractivity contribution in [1.82, 2.24) is 0 Å². The molecule has 0 aromatic heterocycles. The largest absolute Gasteiger partial charge is 0.0955 e. The third-order valence-corrected chi connectivity index (χ3v) is 7.96. The zero-order valence-corrected chi connectivity index (χ0v) is 19.1. The topological polar surface area (TPSA) is 0 Å². The molecule has 1 aliphatic carbocycles. The Morgan fingerprint density at radius 2 is 1.63 bits per heavy atom. The van der Waals surface area contributed by atoms with E-state index in [1.807, 2.05) is 0 Å². The minimum absolute atomic E-state index is 0.401. The maximum atomic E-state index is 4.34. The molecule has 0 heterocycles. The molecule has 0 bridgehead atoms. The minimum Gasteiger partial charge on any atom is -0.0955 e. The van der Waals surface area contributed by atoms with E-state index >= 15 is 0 Å². The van der Waals surface area contributed by atoms with E-state index in [0.29, 0.717) is 9.84 Å². The van der Waals surface area contributed by atoms with Crippen molar-refractivity contribution in [3.05, 3.63) is 88.9 Å². The first-order chi connectivity index (χ1) is 13.1. The van der Waals surface area contributed by atoms with Gasteiger partial charge in [-0.25, -0.2) is 0 Å². The molecule has 4 rings (SSSR count). The Bertz CT molecular complexity index is 1030. The fraction of sp³-hybridized carbons (Fsp3) is 0.200. The quantitative estimate of drug-likeness (QED) is 0.181. The van der Waals surface area contributed by atoms with Crippen LogP contribution in [-0.4, -0.2) is 3.92 Å². The SMILES string of the molecule is C=C1C=CCC[C@H]1[C@@H](I)/C(=C\C)c1c2ccccc2c(Br)c2ccccc12. The Kier molecular flexibility index (Phi) is 5.56. The predicted molar refractivity (Wildman–Crippen MR) is 132 cm³/mol. The first-order valence-corrected chi connectivity index (χ1v) is 11.4. The number of alkyl halides is 1. The van der Waals surface area contributed by atoms with Gasteiger partial charge in [0.1, 0.15) is 0 Å². The lowest BCUT2D eigenvalue weighted by Gasteiger charge is -2.29. The van der Waals surface area contributed by atoms with Gasteiger partial charge in [0, 0.05) is 8.40 Å². The first kappa shape index (κ1) is 18.9. The van der Waals surface area contributed by atoms with Crippen LogP contribution in [0.2, 0.25) is 0 Å². The summed E-state index contributed by atoms with van der Waals surface area (Å²) in [6, 6.07) is 17.5. The summed E-state index contributed by atoms with van der Waals surface area (Å²) >= 11 is 6.51. The fourth-order valence-corrected chi connectivity index (χ4v) is 6.38. The highest BCUT2D eigenvalue weighted by molar-refractivity contribution is 14.1. The van der Waals surface area contributed by atoms with Crippen LogP contribution < -0.4 is 0 Å². The van der Waals surface area contributed by atoms with E-state index in [-0.39, 0.29) is 0 Å². The van der Waals surface area contributed by atoms with Gasteiger partial charge in [-0.2, -0.15) is 0 Å². The van der Waals surface area contributed by atoms with Crippen LogP contribution in [-0.2, 0) is 0 Å². The zero-order valence-electron chi connectivity index (χ0n) is 15.4. The Hall–Kier alpha value is -1.39. The monoisotopic (exact) mass is 528 g/mol. The van der Waals surface area contributed by atoms with Gasteiger partial charge in [-0.3, -0.25) is 0 Å². The zero-order chi connectivity index (χ0) is 19.0. The Labute approximate surface area is 183 Å². The summed E-state index contributed by atoms with van der Waals surface area (Å²) in [7, 11) is 0. The average molecular weight is 529 g/mol. The van der Waals surface area contributed by atoms with E-state index in [4.69, 9.17) is 0 Å². The van der Waals surface area contributed by atoms with Crippen LogP contribution in [0.25, 0.3) is 27.1 Å². The molecule has 3 aromatic rings. The van der Waals surface area contributed by atoms with E-state index in [1.165, 1.54) is 49.1 Å². The molecule has 0 amide bonds. The lowest BCUT2D eigenvalue weighted by molar-refractivity contribution is 0.600. The molecule has 0 saturated heterocycles. The minimum atomic E-state index is 0.401. The summed E-state index contributed by atoms with van der Waals surface area (Å²) in [5.41, 5.74) is 4.04. The third kappa shape index (κ3) is 3.31. The van der Waals surface area contributed by atoms with Gasteiger partial charge < -0.3 is 0 Å². The van der Waals surface area contributed by atoms with Gasteiger partial charge >= 0.3 is 0 Å². The summed E-state index contributed by atoms with van der Waals surface area (Å²) in [4.78, 5) is 0. The average Bonchev–Trinajstić information content (AvgIpc) is 2.71. The van der Waals surface area contributed by atoms with Crippen molar-refractivity contribution in [2.24, 2.45) is 5.92 Å². The van der Waals surface area contributed by atoms with Crippen molar-refractivity contribution < 1.29 is 0 Å². The normalized spacial score (nSPS) is 19.0. The summed E-state index contributed by atoms with van der Waals surface area (Å²) in [6.45, 7) is 6.51. The van der Waals surface area contributed by atoms with Crippen LogP contribution in [0.3, 0.4) is 0 Å². The smallest absolute Gasteiger partial charge is 0.0431 e. The molecule has 0 nitrogen and oxygen atoms in total. The number of fused-ring (bicyclic) bond motifs is 2. The molecule has 0 fully saturated rings. The van der Waals surface area contributed by atoms with Gasteiger partial charge in [-0.1, -0.05) is 102 Å². The molecule has 0 radical (unpaired) electrons. The van der Waals surface area contributed by atoms with Gasteiger partial charge in [0.05, 0.1) is 0 Å². The van der Waals surface area contributed by atoms with Crippen molar-refractivity contribution in [3.8, 4) is 0 Å². The third-order valence-electron chi connectivity index (χ3n) is 5.57. The maximum Gasteiger partial charge on any atom is 0.0431 e. The highest BCUT2D eigenvalue weighted by Gasteiger charge is 2.27. The molecule has 0 unspecified atom stereocenters. The highest BCUT2D eigenvalue weighted by Crippen LogP contribution is 2.44. The number of allylic oxidation sites excluding steroid dienone is 5. The van der Waals surface area contributed by atoms with Gasteiger partial charge in [0.25, 0.3) is 0 Å². The molecule has 1 aliphatic rings. The van der Waals surface area contributed by atoms with Gasteiger partial charge in [-0.15, -0.1) is 0 Å². The number of benzene rings is 3. The molecular formula is C25H22BrI. The molecule has 27 heavy (non-hydrogen) atoms. The lowest BCUT2D eigenvalue weighted by Crippen LogP contribution is -2.19. The van der Waals surface area contributed by atoms with Crippen molar-refractivity contribution in [1.29, 1.82) is 0 Å². The molecule has 0 spiro atoms. The highest BCUT2D eigenvalue weighted by atomic mass is 127. The van der Waals surface area contributed by atoms with E-state index in [0.717, 1.165) is 6.42 Å². The molecule has 136 valence electrons. The second-order valence-electron chi connectivity index (χ2n) is 7.09. The molecule has 0 saturated carbocycles. The van der Waals surface area contributed by atoms with Crippen LogP contribution in [0.5, 0.6) is 0 Å². The summed E-state index contributed by atoms with van der Waals surface area (Å²) in [5.74, 6) is 0.489. The summed E-state index contributed by atoms with van der Waals surface area (Å²) in [6.07, 6.45) is 9.09. The van der Waals surface area contributed by atoms with E-state index in [9.17, 15) is 0 Å². The molecule has 0 aliphatic heterocycles. The molecule has 3 aromatic carbocycles. The second-order valence-corrected chi connectivity index (χ2v) is 9.22.